The Balaban J connectivity index is 1.59. The number of hydrogen-bond acceptors (Lipinski definition) is 6. The van der Waals surface area contributed by atoms with Crippen molar-refractivity contribution in [2.75, 3.05) is 38.9 Å². The van der Waals surface area contributed by atoms with E-state index in [2.05, 4.69) is 32.9 Å². The topological polar surface area (TPSA) is 115 Å². The van der Waals surface area contributed by atoms with Crippen LogP contribution in [0.3, 0.4) is 0 Å². The molecule has 4 rings (SSSR count). The number of carbonyl (C=O) groups is 1. The molecule has 2 atom stereocenters. The summed E-state index contributed by atoms with van der Waals surface area (Å²) in [5, 5.41) is 14.2. The van der Waals surface area contributed by atoms with Gasteiger partial charge in [-0.25, -0.2) is 9.36 Å². The highest BCUT2D eigenvalue weighted by molar-refractivity contribution is 14.1. The Labute approximate surface area is 246 Å². The maximum absolute atomic E-state index is 13.7. The summed E-state index contributed by atoms with van der Waals surface area (Å²) in [6.45, 7) is 3.67. The maximum Gasteiger partial charge on any atom is 0.329 e. The van der Waals surface area contributed by atoms with Gasteiger partial charge in [-0.15, -0.1) is 0 Å². The van der Waals surface area contributed by atoms with Gasteiger partial charge in [-0.2, -0.15) is 0 Å². The Bertz CT molecular complexity index is 1440. The molecule has 0 aliphatic rings. The summed E-state index contributed by atoms with van der Waals surface area (Å²) in [6, 6.07) is 22.7. The Kier molecular flexibility index (Phi) is 10.4. The van der Waals surface area contributed by atoms with Crippen molar-refractivity contribution >= 4 is 34.2 Å². The second kappa shape index (κ2) is 14.1. The van der Waals surface area contributed by atoms with E-state index in [4.69, 9.17) is 14.2 Å². The number of benzene rings is 3. The molecule has 210 valence electrons. The molecule has 9 nitrogen and oxygen atoms in total. The summed E-state index contributed by atoms with van der Waals surface area (Å²) in [5.41, 5.74) is 1.64. The Morgan fingerprint density at radius 2 is 1.65 bits per heavy atom. The first-order valence-corrected chi connectivity index (χ1v) is 13.9. The van der Waals surface area contributed by atoms with E-state index in [1.54, 1.807) is 43.5 Å². The molecule has 40 heavy (non-hydrogen) atoms. The molecule has 0 fully saturated rings. The minimum Gasteiger partial charge on any atom is -0.493 e. The van der Waals surface area contributed by atoms with E-state index < -0.39 is 23.6 Å². The van der Waals surface area contributed by atoms with Gasteiger partial charge in [-0.05, 0) is 76.7 Å². The van der Waals surface area contributed by atoms with Gasteiger partial charge in [-0.1, -0.05) is 37.3 Å². The molecular weight excluding hydrogens is 625 g/mol. The second-order valence-corrected chi connectivity index (χ2v) is 10.4. The average Bonchev–Trinajstić information content (AvgIpc) is 3.26. The molecule has 10 heteroatoms. The van der Waals surface area contributed by atoms with Crippen LogP contribution >= 0.6 is 22.6 Å². The van der Waals surface area contributed by atoms with Gasteiger partial charge >= 0.3 is 5.69 Å². The monoisotopic (exact) mass is 657 g/mol. The van der Waals surface area contributed by atoms with Crippen molar-refractivity contribution in [3.63, 3.8) is 0 Å². The first-order chi connectivity index (χ1) is 19.4. The van der Waals surface area contributed by atoms with Crippen LogP contribution in [0.4, 0.5) is 5.69 Å². The third kappa shape index (κ3) is 7.32. The number of nitrogens with one attached hydrogen (secondary N) is 2. The van der Waals surface area contributed by atoms with Crippen molar-refractivity contribution in [2.45, 2.75) is 18.9 Å². The number of rotatable bonds is 13. The molecule has 3 aromatic carbocycles. The van der Waals surface area contributed by atoms with E-state index in [1.165, 1.54) is 0 Å². The van der Waals surface area contributed by atoms with Crippen LogP contribution in [0.25, 0.3) is 11.3 Å². The van der Waals surface area contributed by atoms with E-state index >= 15 is 0 Å². The first kappa shape index (κ1) is 29.4. The SMILES string of the molecule is COCCOCCOc1ccc(-c2[nH]c(=O)n([C@H](C(=O)Nc3ccc(I)cc3)[C@@H](C)c3ccccc3)c2O)cc1. The minimum atomic E-state index is -1.03. The van der Waals surface area contributed by atoms with E-state index in [9.17, 15) is 14.7 Å². The number of H-pyrrole nitrogens is 1. The highest BCUT2D eigenvalue weighted by Crippen LogP contribution is 2.35. The lowest BCUT2D eigenvalue weighted by Crippen LogP contribution is -2.35. The van der Waals surface area contributed by atoms with Crippen molar-refractivity contribution < 1.29 is 24.1 Å². The van der Waals surface area contributed by atoms with Crippen LogP contribution in [0, 0.1) is 3.57 Å². The highest BCUT2D eigenvalue weighted by Gasteiger charge is 2.33. The second-order valence-electron chi connectivity index (χ2n) is 9.12. The molecule has 0 aliphatic heterocycles. The fourth-order valence-electron chi connectivity index (χ4n) is 4.34. The highest BCUT2D eigenvalue weighted by atomic mass is 127. The molecular formula is C30H32IN3O6. The number of anilines is 1. The van der Waals surface area contributed by atoms with Gasteiger partial charge < -0.3 is 29.6 Å². The standard InChI is InChI=1S/C30H32IN3O6/c1-20(21-6-4-3-5-7-21)27(28(35)32-24-12-10-23(31)11-13-24)34-29(36)26(33-30(34)37)22-8-14-25(15-9-22)40-19-18-39-17-16-38-2/h3-15,20,27,36H,16-19H2,1-2H3,(H,32,35)(H,33,37)/t20-,27-/m0/s1. The quantitative estimate of drug-likeness (QED) is 0.135. The molecule has 0 spiro atoms. The Morgan fingerprint density at radius 1 is 0.975 bits per heavy atom. The fourth-order valence-corrected chi connectivity index (χ4v) is 4.70. The van der Waals surface area contributed by atoms with Crippen LogP contribution in [0.2, 0.25) is 0 Å². The molecule has 0 bridgehead atoms. The van der Waals surface area contributed by atoms with Crippen molar-refractivity contribution in [1.82, 2.24) is 9.55 Å². The lowest BCUT2D eigenvalue weighted by Gasteiger charge is -2.25. The third-order valence-corrected chi connectivity index (χ3v) is 7.15. The summed E-state index contributed by atoms with van der Waals surface area (Å²) in [4.78, 5) is 29.6. The van der Waals surface area contributed by atoms with Gasteiger partial charge in [0, 0.05) is 27.8 Å². The predicted octanol–water partition coefficient (Wildman–Crippen LogP) is 5.18. The Morgan fingerprint density at radius 3 is 2.33 bits per heavy atom. The number of nitrogens with zero attached hydrogens (tertiary/aromatic N) is 1. The summed E-state index contributed by atoms with van der Waals surface area (Å²) < 4.78 is 18.2. The lowest BCUT2D eigenvalue weighted by molar-refractivity contribution is -0.120. The smallest absolute Gasteiger partial charge is 0.329 e. The van der Waals surface area contributed by atoms with Gasteiger partial charge in [0.2, 0.25) is 11.8 Å². The predicted molar refractivity (Wildman–Crippen MR) is 162 cm³/mol. The lowest BCUT2D eigenvalue weighted by atomic mass is 9.92. The molecule has 1 amide bonds. The number of carbonyl (C=O) groups excluding carboxylic acids is 1. The van der Waals surface area contributed by atoms with Crippen LogP contribution in [-0.2, 0) is 14.3 Å². The van der Waals surface area contributed by atoms with Gasteiger partial charge in [0.15, 0.2) is 0 Å². The number of aromatic nitrogens is 2. The van der Waals surface area contributed by atoms with Crippen molar-refractivity contribution in [1.29, 1.82) is 0 Å². The van der Waals surface area contributed by atoms with Gasteiger partial charge in [0.05, 0.1) is 19.8 Å². The zero-order valence-electron chi connectivity index (χ0n) is 22.3. The molecule has 0 unspecified atom stereocenters. The number of imidazole rings is 1. The number of ether oxygens (including phenoxy) is 3. The van der Waals surface area contributed by atoms with Gasteiger partial charge in [-0.3, -0.25) is 4.79 Å². The maximum atomic E-state index is 13.7. The number of methoxy groups -OCH3 is 1. The largest absolute Gasteiger partial charge is 0.493 e. The number of aromatic amines is 1. The molecule has 0 aliphatic carbocycles. The Hall–Kier alpha value is -3.61. The minimum absolute atomic E-state index is 0.215. The van der Waals surface area contributed by atoms with Crippen molar-refractivity contribution in [2.24, 2.45) is 0 Å². The summed E-state index contributed by atoms with van der Waals surface area (Å²) >= 11 is 2.19. The van der Waals surface area contributed by atoms with Crippen LogP contribution in [0.15, 0.2) is 83.7 Å². The van der Waals surface area contributed by atoms with Crippen LogP contribution in [0.1, 0.15) is 24.4 Å². The van der Waals surface area contributed by atoms with E-state index in [-0.39, 0.29) is 11.6 Å². The van der Waals surface area contributed by atoms with Crippen molar-refractivity contribution in [3.05, 3.63) is 98.5 Å². The van der Waals surface area contributed by atoms with E-state index in [0.717, 1.165) is 13.7 Å². The number of amides is 1. The fraction of sp³-hybridized carbons (Fsp3) is 0.267. The molecule has 1 heterocycles. The summed E-state index contributed by atoms with van der Waals surface area (Å²) in [5.74, 6) is -0.556. The molecule has 4 aromatic rings. The first-order valence-electron chi connectivity index (χ1n) is 12.8. The molecule has 0 saturated heterocycles. The van der Waals surface area contributed by atoms with Crippen molar-refractivity contribution in [3.8, 4) is 22.9 Å². The van der Waals surface area contributed by atoms with Gasteiger partial charge in [0.1, 0.15) is 24.1 Å². The van der Waals surface area contributed by atoms with Crippen LogP contribution in [-0.4, -0.2) is 54.1 Å². The molecule has 3 N–H and O–H groups in total. The normalized spacial score (nSPS) is 12.6. The zero-order valence-corrected chi connectivity index (χ0v) is 24.5. The van der Waals surface area contributed by atoms with Crippen LogP contribution < -0.4 is 15.7 Å². The van der Waals surface area contributed by atoms with E-state index in [1.807, 2.05) is 49.4 Å². The number of hydrogen-bond donors (Lipinski definition) is 3. The average molecular weight is 658 g/mol. The molecule has 1 aromatic heterocycles. The summed E-state index contributed by atoms with van der Waals surface area (Å²) in [6.07, 6.45) is 0. The summed E-state index contributed by atoms with van der Waals surface area (Å²) in [7, 11) is 1.62. The molecule has 0 radical (unpaired) electrons. The molecule has 0 saturated carbocycles. The number of aromatic hydroxyl groups is 1. The van der Waals surface area contributed by atoms with Gasteiger partial charge in [0.25, 0.3) is 0 Å². The zero-order chi connectivity index (χ0) is 28.5. The third-order valence-electron chi connectivity index (χ3n) is 6.43. The number of halogens is 1. The van der Waals surface area contributed by atoms with E-state index in [0.29, 0.717) is 43.4 Å². The van der Waals surface area contributed by atoms with Crippen LogP contribution in [0.5, 0.6) is 11.6 Å².